The molecule has 0 aliphatic rings. The van der Waals surface area contributed by atoms with Crippen molar-refractivity contribution in [1.82, 2.24) is 9.97 Å². The molecule has 0 saturated carbocycles. The minimum absolute atomic E-state index is 0.00729. The molecule has 0 fully saturated rings. The Morgan fingerprint density at radius 1 is 1.33 bits per heavy atom. The largest absolute Gasteiger partial charge is 0.386 e. The van der Waals surface area contributed by atoms with Gasteiger partial charge in [0.05, 0.1) is 16.7 Å². The van der Waals surface area contributed by atoms with Crippen molar-refractivity contribution < 1.29 is 14.1 Å². The highest BCUT2D eigenvalue weighted by Gasteiger charge is 2.24. The standard InChI is InChI=1S/C12H10FN5O3/c1-14-9-5-7(10(18(20)21)6-8(9)13)11(19)17-12-15-3-2-4-16-12/h2-6,14H,1H3,(H,15,16,17,19). The van der Waals surface area contributed by atoms with Crippen molar-refractivity contribution in [3.05, 3.63) is 52.1 Å². The monoisotopic (exact) mass is 291 g/mol. The lowest BCUT2D eigenvalue weighted by Gasteiger charge is -2.07. The molecule has 0 atom stereocenters. The van der Waals surface area contributed by atoms with E-state index in [1.807, 2.05) is 0 Å². The number of benzene rings is 1. The molecule has 1 aromatic heterocycles. The number of carbonyl (C=O) groups is 1. The number of hydrogen-bond donors (Lipinski definition) is 2. The molecule has 8 nitrogen and oxygen atoms in total. The topological polar surface area (TPSA) is 110 Å². The van der Waals surface area contributed by atoms with Crippen molar-refractivity contribution in [1.29, 1.82) is 0 Å². The smallest absolute Gasteiger partial charge is 0.285 e. The molecule has 0 radical (unpaired) electrons. The molecular formula is C12H10FN5O3. The molecule has 9 heteroatoms. The number of aromatic nitrogens is 2. The van der Waals surface area contributed by atoms with Crippen LogP contribution >= 0.6 is 0 Å². The van der Waals surface area contributed by atoms with Crippen molar-refractivity contribution >= 4 is 23.2 Å². The summed E-state index contributed by atoms with van der Waals surface area (Å²) in [6.07, 6.45) is 2.81. The Labute approximate surface area is 118 Å². The average molecular weight is 291 g/mol. The normalized spacial score (nSPS) is 10.0. The van der Waals surface area contributed by atoms with Crippen LogP contribution in [0.2, 0.25) is 0 Å². The predicted molar refractivity (Wildman–Crippen MR) is 72.6 cm³/mol. The highest BCUT2D eigenvalue weighted by atomic mass is 19.1. The van der Waals surface area contributed by atoms with Crippen LogP contribution < -0.4 is 10.6 Å². The van der Waals surface area contributed by atoms with Crippen LogP contribution in [0.3, 0.4) is 0 Å². The number of rotatable bonds is 4. The van der Waals surface area contributed by atoms with Gasteiger partial charge < -0.3 is 5.32 Å². The summed E-state index contributed by atoms with van der Waals surface area (Å²) in [6.45, 7) is 0. The van der Waals surface area contributed by atoms with Crippen molar-refractivity contribution in [3.8, 4) is 0 Å². The summed E-state index contributed by atoms with van der Waals surface area (Å²) in [4.78, 5) is 29.7. The summed E-state index contributed by atoms with van der Waals surface area (Å²) in [5, 5.41) is 15.8. The van der Waals surface area contributed by atoms with Gasteiger partial charge in [0.25, 0.3) is 11.6 Å². The summed E-state index contributed by atoms with van der Waals surface area (Å²) in [5.74, 6) is -1.63. The third-order valence-electron chi connectivity index (χ3n) is 2.59. The Bertz CT molecular complexity index is 693. The third kappa shape index (κ3) is 3.08. The van der Waals surface area contributed by atoms with Crippen LogP contribution in [0.25, 0.3) is 0 Å². The molecule has 108 valence electrons. The first-order valence-electron chi connectivity index (χ1n) is 5.77. The van der Waals surface area contributed by atoms with Crippen molar-refractivity contribution in [2.75, 3.05) is 17.7 Å². The first kappa shape index (κ1) is 14.3. The van der Waals surface area contributed by atoms with Gasteiger partial charge in [-0.15, -0.1) is 0 Å². The Morgan fingerprint density at radius 2 is 2.00 bits per heavy atom. The molecule has 0 bridgehead atoms. The first-order valence-corrected chi connectivity index (χ1v) is 5.77. The van der Waals surface area contributed by atoms with E-state index in [1.165, 1.54) is 19.4 Å². The minimum atomic E-state index is -0.830. The number of hydrogen-bond acceptors (Lipinski definition) is 6. The van der Waals surface area contributed by atoms with Gasteiger partial charge >= 0.3 is 0 Å². The Morgan fingerprint density at radius 3 is 2.57 bits per heavy atom. The van der Waals surface area contributed by atoms with E-state index in [2.05, 4.69) is 20.6 Å². The van der Waals surface area contributed by atoms with Gasteiger partial charge in [-0.25, -0.2) is 14.4 Å². The molecule has 0 aliphatic carbocycles. The zero-order chi connectivity index (χ0) is 15.4. The summed E-state index contributed by atoms with van der Waals surface area (Å²) >= 11 is 0. The van der Waals surface area contributed by atoms with Gasteiger partial charge in [0.1, 0.15) is 5.56 Å². The van der Waals surface area contributed by atoms with Gasteiger partial charge in [0.2, 0.25) is 5.95 Å². The van der Waals surface area contributed by atoms with E-state index in [0.717, 1.165) is 6.07 Å². The molecule has 0 aliphatic heterocycles. The van der Waals surface area contributed by atoms with Crippen LogP contribution in [0.15, 0.2) is 30.6 Å². The SMILES string of the molecule is CNc1cc(C(=O)Nc2ncccn2)c([N+](=O)[O-])cc1F. The Balaban J connectivity index is 2.41. The molecule has 0 saturated heterocycles. The second-order valence-corrected chi connectivity index (χ2v) is 3.88. The molecule has 2 aromatic rings. The fraction of sp³-hybridized carbons (Fsp3) is 0.0833. The summed E-state index contributed by atoms with van der Waals surface area (Å²) in [6, 6.07) is 3.30. The zero-order valence-electron chi connectivity index (χ0n) is 10.8. The fourth-order valence-corrected chi connectivity index (χ4v) is 1.62. The van der Waals surface area contributed by atoms with Crippen LogP contribution in [0.4, 0.5) is 21.7 Å². The molecule has 1 amide bonds. The quantitative estimate of drug-likeness (QED) is 0.656. The Kier molecular flexibility index (Phi) is 4.02. The van der Waals surface area contributed by atoms with E-state index in [0.29, 0.717) is 6.07 Å². The van der Waals surface area contributed by atoms with E-state index >= 15 is 0 Å². The van der Waals surface area contributed by atoms with E-state index in [-0.39, 0.29) is 17.2 Å². The minimum Gasteiger partial charge on any atom is -0.386 e. The van der Waals surface area contributed by atoms with Gasteiger partial charge in [-0.2, -0.15) is 0 Å². The lowest BCUT2D eigenvalue weighted by molar-refractivity contribution is -0.385. The molecule has 21 heavy (non-hydrogen) atoms. The molecule has 1 heterocycles. The van der Waals surface area contributed by atoms with Gasteiger partial charge in [-0.3, -0.25) is 20.2 Å². The number of halogens is 1. The van der Waals surface area contributed by atoms with Gasteiger partial charge in [-0.05, 0) is 12.1 Å². The highest BCUT2D eigenvalue weighted by molar-refractivity contribution is 6.06. The predicted octanol–water partition coefficient (Wildman–Crippen LogP) is 1.82. The summed E-state index contributed by atoms with van der Waals surface area (Å²) in [7, 11) is 1.44. The fourth-order valence-electron chi connectivity index (χ4n) is 1.62. The number of nitro groups is 1. The van der Waals surface area contributed by atoms with E-state index in [9.17, 15) is 19.3 Å². The van der Waals surface area contributed by atoms with Crippen LogP contribution in [-0.2, 0) is 0 Å². The van der Waals surface area contributed by atoms with Crippen LogP contribution in [0.1, 0.15) is 10.4 Å². The maximum atomic E-state index is 13.6. The van der Waals surface area contributed by atoms with Crippen LogP contribution in [0, 0.1) is 15.9 Å². The molecule has 2 rings (SSSR count). The number of carbonyl (C=O) groups excluding carboxylic acids is 1. The number of amides is 1. The summed E-state index contributed by atoms with van der Waals surface area (Å²) in [5.41, 5.74) is -0.960. The number of anilines is 2. The molecule has 1 aromatic carbocycles. The Hall–Kier alpha value is -3.10. The molecule has 0 unspecified atom stereocenters. The van der Waals surface area contributed by atoms with Crippen molar-refractivity contribution in [3.63, 3.8) is 0 Å². The second-order valence-electron chi connectivity index (χ2n) is 3.88. The molecule has 0 spiro atoms. The molecule has 2 N–H and O–H groups in total. The number of nitro benzene ring substituents is 1. The number of nitrogens with one attached hydrogen (secondary N) is 2. The highest BCUT2D eigenvalue weighted by Crippen LogP contribution is 2.26. The average Bonchev–Trinajstić information content (AvgIpc) is 2.47. The lowest BCUT2D eigenvalue weighted by Crippen LogP contribution is -2.16. The van der Waals surface area contributed by atoms with Crippen LogP contribution in [-0.4, -0.2) is 27.8 Å². The summed E-state index contributed by atoms with van der Waals surface area (Å²) < 4.78 is 13.6. The van der Waals surface area contributed by atoms with Gasteiger partial charge in [0.15, 0.2) is 5.82 Å². The van der Waals surface area contributed by atoms with Crippen molar-refractivity contribution in [2.24, 2.45) is 0 Å². The zero-order valence-corrected chi connectivity index (χ0v) is 10.8. The maximum Gasteiger partial charge on any atom is 0.285 e. The lowest BCUT2D eigenvalue weighted by atomic mass is 10.1. The van der Waals surface area contributed by atoms with Crippen molar-refractivity contribution in [2.45, 2.75) is 0 Å². The van der Waals surface area contributed by atoms with E-state index < -0.39 is 22.3 Å². The van der Waals surface area contributed by atoms with Gasteiger partial charge in [0, 0.05) is 19.4 Å². The van der Waals surface area contributed by atoms with E-state index in [4.69, 9.17) is 0 Å². The second kappa shape index (κ2) is 5.90. The number of nitrogens with zero attached hydrogens (tertiary/aromatic N) is 3. The molecular weight excluding hydrogens is 281 g/mol. The van der Waals surface area contributed by atoms with Crippen LogP contribution in [0.5, 0.6) is 0 Å². The van der Waals surface area contributed by atoms with Gasteiger partial charge in [-0.1, -0.05) is 0 Å². The van der Waals surface area contributed by atoms with E-state index in [1.54, 1.807) is 6.07 Å². The maximum absolute atomic E-state index is 13.6. The third-order valence-corrected chi connectivity index (χ3v) is 2.59. The first-order chi connectivity index (χ1) is 10.0.